The van der Waals surface area contributed by atoms with Gasteiger partial charge in [-0.05, 0) is 62.8 Å². The van der Waals surface area contributed by atoms with Crippen molar-refractivity contribution in [2.24, 2.45) is 0 Å². The second kappa shape index (κ2) is 6.42. The molecule has 0 aliphatic heterocycles. The van der Waals surface area contributed by atoms with Gasteiger partial charge < -0.3 is 5.11 Å². The van der Waals surface area contributed by atoms with E-state index in [2.05, 4.69) is 40.2 Å². The molecule has 1 aromatic heterocycles. The minimum atomic E-state index is -0.516. The monoisotopic (exact) mass is 350 g/mol. The van der Waals surface area contributed by atoms with E-state index in [1.165, 1.54) is 37.7 Å². The quantitative estimate of drug-likeness (QED) is 0.759. The highest BCUT2D eigenvalue weighted by Crippen LogP contribution is 2.34. The molecule has 1 aromatic carbocycles. The molecule has 2 aromatic rings. The summed E-state index contributed by atoms with van der Waals surface area (Å²) >= 11 is 5.05. The van der Waals surface area contributed by atoms with E-state index >= 15 is 0 Å². The number of aliphatic hydroxyl groups is 1. The van der Waals surface area contributed by atoms with Crippen LogP contribution in [0.2, 0.25) is 0 Å². The molecule has 1 fully saturated rings. The van der Waals surface area contributed by atoms with Gasteiger partial charge in [0, 0.05) is 0 Å². The molecule has 106 valence electrons. The molecule has 1 unspecified atom stereocenters. The Morgan fingerprint density at radius 2 is 1.75 bits per heavy atom. The van der Waals surface area contributed by atoms with Crippen molar-refractivity contribution in [3.63, 3.8) is 0 Å². The van der Waals surface area contributed by atoms with Gasteiger partial charge in [-0.1, -0.05) is 43.5 Å². The Morgan fingerprint density at radius 3 is 2.35 bits per heavy atom. The minimum absolute atomic E-state index is 0.516. The van der Waals surface area contributed by atoms with Crippen molar-refractivity contribution in [3.8, 4) is 0 Å². The van der Waals surface area contributed by atoms with Gasteiger partial charge in [0.25, 0.3) is 0 Å². The lowest BCUT2D eigenvalue weighted by Gasteiger charge is -2.22. The van der Waals surface area contributed by atoms with Crippen molar-refractivity contribution in [3.05, 3.63) is 56.2 Å². The number of hydrogen-bond donors (Lipinski definition) is 1. The van der Waals surface area contributed by atoms with E-state index in [-0.39, 0.29) is 0 Å². The number of rotatable bonds is 3. The third-order valence-electron chi connectivity index (χ3n) is 4.23. The van der Waals surface area contributed by atoms with Crippen LogP contribution >= 0.6 is 27.3 Å². The molecule has 3 rings (SSSR count). The zero-order valence-corrected chi connectivity index (χ0v) is 13.8. The number of benzene rings is 1. The Bertz CT molecular complexity index is 555. The highest BCUT2D eigenvalue weighted by Gasteiger charge is 2.17. The first kappa shape index (κ1) is 14.3. The molecule has 3 heteroatoms. The Kier molecular flexibility index (Phi) is 4.59. The van der Waals surface area contributed by atoms with Crippen LogP contribution in [0.1, 0.15) is 60.8 Å². The fourth-order valence-electron chi connectivity index (χ4n) is 3.05. The lowest BCUT2D eigenvalue weighted by Crippen LogP contribution is -2.05. The summed E-state index contributed by atoms with van der Waals surface area (Å²) < 4.78 is 1.06. The molecule has 1 aliphatic rings. The molecule has 1 aliphatic carbocycles. The first-order valence-corrected chi connectivity index (χ1v) is 8.93. The van der Waals surface area contributed by atoms with E-state index in [1.807, 2.05) is 11.4 Å². The average Bonchev–Trinajstić information content (AvgIpc) is 2.94. The van der Waals surface area contributed by atoms with Gasteiger partial charge >= 0.3 is 0 Å². The molecule has 0 saturated heterocycles. The van der Waals surface area contributed by atoms with Crippen LogP contribution in [0.25, 0.3) is 0 Å². The second-order valence-electron chi connectivity index (χ2n) is 5.59. The zero-order valence-electron chi connectivity index (χ0n) is 11.4. The van der Waals surface area contributed by atoms with Crippen LogP contribution in [0.5, 0.6) is 0 Å². The predicted octanol–water partition coefficient (Wildman–Crippen LogP) is 5.64. The first-order chi connectivity index (χ1) is 9.74. The molecule has 1 saturated carbocycles. The van der Waals surface area contributed by atoms with Crippen molar-refractivity contribution < 1.29 is 5.11 Å². The SMILES string of the molecule is OC(c1ccc(C2CCCCC2)cc1)c1csc(Br)c1. The van der Waals surface area contributed by atoms with E-state index in [9.17, 15) is 5.11 Å². The van der Waals surface area contributed by atoms with E-state index in [0.29, 0.717) is 0 Å². The summed E-state index contributed by atoms with van der Waals surface area (Å²) in [5.74, 6) is 0.727. The Labute approximate surface area is 132 Å². The van der Waals surface area contributed by atoms with Gasteiger partial charge in [0.05, 0.1) is 3.79 Å². The van der Waals surface area contributed by atoms with Crippen LogP contribution in [-0.2, 0) is 0 Å². The molecule has 1 heterocycles. The summed E-state index contributed by atoms with van der Waals surface area (Å²) in [6.07, 6.45) is 6.23. The van der Waals surface area contributed by atoms with Crippen LogP contribution in [0, 0.1) is 0 Å². The van der Waals surface area contributed by atoms with Crippen molar-refractivity contribution in [1.82, 2.24) is 0 Å². The molecule has 0 amide bonds. The van der Waals surface area contributed by atoms with Gasteiger partial charge in [-0.15, -0.1) is 11.3 Å². The van der Waals surface area contributed by atoms with Gasteiger partial charge in [-0.3, -0.25) is 0 Å². The van der Waals surface area contributed by atoms with Crippen LogP contribution in [0.4, 0.5) is 0 Å². The van der Waals surface area contributed by atoms with Crippen LogP contribution < -0.4 is 0 Å². The normalized spacial score (nSPS) is 18.1. The maximum Gasteiger partial charge on any atom is 0.105 e. The third kappa shape index (κ3) is 3.16. The van der Waals surface area contributed by atoms with Gasteiger partial charge in [0.15, 0.2) is 0 Å². The van der Waals surface area contributed by atoms with E-state index in [0.717, 1.165) is 20.8 Å². The molecule has 1 N–H and O–H groups in total. The molecule has 20 heavy (non-hydrogen) atoms. The molecule has 0 bridgehead atoms. The summed E-state index contributed by atoms with van der Waals surface area (Å²) in [7, 11) is 0. The maximum atomic E-state index is 10.4. The third-order valence-corrected chi connectivity index (χ3v) is 5.75. The molecule has 1 nitrogen and oxygen atoms in total. The van der Waals surface area contributed by atoms with Gasteiger partial charge in [0.2, 0.25) is 0 Å². The lowest BCUT2D eigenvalue weighted by molar-refractivity contribution is 0.220. The Morgan fingerprint density at radius 1 is 1.05 bits per heavy atom. The maximum absolute atomic E-state index is 10.4. The number of hydrogen-bond acceptors (Lipinski definition) is 2. The predicted molar refractivity (Wildman–Crippen MR) is 88.3 cm³/mol. The van der Waals surface area contributed by atoms with Crippen LogP contribution in [-0.4, -0.2) is 5.11 Å². The zero-order chi connectivity index (χ0) is 13.9. The fraction of sp³-hybridized carbons (Fsp3) is 0.412. The smallest absolute Gasteiger partial charge is 0.105 e. The topological polar surface area (TPSA) is 20.2 Å². The highest BCUT2D eigenvalue weighted by molar-refractivity contribution is 9.11. The summed E-state index contributed by atoms with van der Waals surface area (Å²) in [6, 6.07) is 10.6. The summed E-state index contributed by atoms with van der Waals surface area (Å²) in [4.78, 5) is 0. The molecular weight excluding hydrogens is 332 g/mol. The number of halogens is 1. The number of thiophene rings is 1. The molecule has 0 radical (unpaired) electrons. The standard InChI is InChI=1S/C17H19BrOS/c18-16-10-15(11-20-16)17(19)14-8-6-13(7-9-14)12-4-2-1-3-5-12/h6-12,17,19H,1-5H2. The largest absolute Gasteiger partial charge is 0.384 e. The van der Waals surface area contributed by atoms with Crippen molar-refractivity contribution in [2.45, 2.75) is 44.1 Å². The first-order valence-electron chi connectivity index (χ1n) is 7.26. The van der Waals surface area contributed by atoms with Crippen LogP contribution in [0.15, 0.2) is 39.5 Å². The van der Waals surface area contributed by atoms with Gasteiger partial charge in [-0.25, -0.2) is 0 Å². The molecule has 1 atom stereocenters. The minimum Gasteiger partial charge on any atom is -0.384 e. The van der Waals surface area contributed by atoms with Crippen molar-refractivity contribution in [1.29, 1.82) is 0 Å². The van der Waals surface area contributed by atoms with Gasteiger partial charge in [0.1, 0.15) is 6.10 Å². The van der Waals surface area contributed by atoms with Crippen molar-refractivity contribution in [2.75, 3.05) is 0 Å². The summed E-state index contributed by atoms with van der Waals surface area (Å²) in [6.45, 7) is 0. The Hall–Kier alpha value is -0.640. The summed E-state index contributed by atoms with van der Waals surface area (Å²) in [5, 5.41) is 12.4. The van der Waals surface area contributed by atoms with E-state index in [1.54, 1.807) is 11.3 Å². The van der Waals surface area contributed by atoms with Crippen molar-refractivity contribution >= 4 is 27.3 Å². The highest BCUT2D eigenvalue weighted by atomic mass is 79.9. The van der Waals surface area contributed by atoms with Gasteiger partial charge in [-0.2, -0.15) is 0 Å². The lowest BCUT2D eigenvalue weighted by atomic mass is 9.83. The fourth-order valence-corrected chi connectivity index (χ4v) is 4.24. The summed E-state index contributed by atoms with van der Waals surface area (Å²) in [5.41, 5.74) is 3.38. The molecular formula is C17H19BrOS. The van der Waals surface area contributed by atoms with Crippen LogP contribution in [0.3, 0.4) is 0 Å². The molecule has 0 spiro atoms. The second-order valence-corrected chi connectivity index (χ2v) is 7.88. The average molecular weight is 351 g/mol. The van der Waals surface area contributed by atoms with E-state index in [4.69, 9.17) is 0 Å². The Balaban J connectivity index is 1.75. The number of aliphatic hydroxyl groups excluding tert-OH is 1. The van der Waals surface area contributed by atoms with E-state index < -0.39 is 6.10 Å².